The predicted octanol–water partition coefficient (Wildman–Crippen LogP) is 1.37. The van der Waals surface area contributed by atoms with Crippen LogP contribution >= 0.6 is 12.6 Å². The summed E-state index contributed by atoms with van der Waals surface area (Å²) in [6, 6.07) is 3.30. The molecule has 8 heteroatoms. The number of carbonyl (C=O) groups excluding carboxylic acids is 1. The molecule has 0 saturated heterocycles. The van der Waals surface area contributed by atoms with E-state index in [1.54, 1.807) is 16.8 Å². The first-order valence-corrected chi connectivity index (χ1v) is 7.91. The van der Waals surface area contributed by atoms with Crippen molar-refractivity contribution in [3.05, 3.63) is 28.0 Å². The van der Waals surface area contributed by atoms with Gasteiger partial charge in [-0.05, 0) is 19.9 Å². The maximum atomic E-state index is 12.7. The lowest BCUT2D eigenvalue weighted by Crippen LogP contribution is -2.33. The van der Waals surface area contributed by atoms with Gasteiger partial charge in [0.15, 0.2) is 17.2 Å². The highest BCUT2D eigenvalue weighted by atomic mass is 32.1. The Morgan fingerprint density at radius 3 is 2.74 bits per heavy atom. The number of benzene rings is 1. The summed E-state index contributed by atoms with van der Waals surface area (Å²) in [6.07, 6.45) is 0. The minimum absolute atomic E-state index is 0.0325. The van der Waals surface area contributed by atoms with Crippen LogP contribution in [0.1, 0.15) is 30.4 Å². The van der Waals surface area contributed by atoms with Crippen LogP contribution in [0, 0.1) is 0 Å². The zero-order valence-corrected chi connectivity index (χ0v) is 13.7. The molecule has 1 amide bonds. The van der Waals surface area contributed by atoms with E-state index >= 15 is 0 Å². The number of rotatable bonds is 4. The van der Waals surface area contributed by atoms with Crippen LogP contribution in [0.3, 0.4) is 0 Å². The summed E-state index contributed by atoms with van der Waals surface area (Å²) in [7, 11) is 0. The maximum absolute atomic E-state index is 12.7. The van der Waals surface area contributed by atoms with E-state index in [0.29, 0.717) is 34.7 Å². The minimum atomic E-state index is -0.502. The first kappa shape index (κ1) is 15.7. The van der Waals surface area contributed by atoms with Crippen molar-refractivity contribution in [3.63, 3.8) is 0 Å². The number of ether oxygens (including phenoxy) is 2. The summed E-state index contributed by atoms with van der Waals surface area (Å²) in [5.74, 6) is 1.05. The maximum Gasteiger partial charge on any atom is 0.275 e. The van der Waals surface area contributed by atoms with E-state index in [4.69, 9.17) is 9.47 Å². The third-order valence-electron chi connectivity index (χ3n) is 3.51. The van der Waals surface area contributed by atoms with Crippen molar-refractivity contribution in [2.24, 2.45) is 0 Å². The van der Waals surface area contributed by atoms with E-state index in [0.717, 1.165) is 0 Å². The van der Waals surface area contributed by atoms with Crippen molar-refractivity contribution in [1.29, 1.82) is 0 Å². The Morgan fingerprint density at radius 2 is 2.09 bits per heavy atom. The Kier molecular flexibility index (Phi) is 4.16. The van der Waals surface area contributed by atoms with Crippen molar-refractivity contribution in [3.8, 4) is 11.5 Å². The van der Waals surface area contributed by atoms with E-state index in [1.807, 2.05) is 13.8 Å². The van der Waals surface area contributed by atoms with Crippen molar-refractivity contribution in [2.45, 2.75) is 19.9 Å². The molecule has 1 aromatic heterocycles. The molecule has 1 aromatic carbocycles. The first-order valence-electron chi connectivity index (χ1n) is 7.28. The number of amides is 1. The number of nitrogens with zero attached hydrogens (tertiary/aromatic N) is 2. The van der Waals surface area contributed by atoms with Gasteiger partial charge in [0, 0.05) is 24.4 Å². The molecule has 23 heavy (non-hydrogen) atoms. The van der Waals surface area contributed by atoms with E-state index in [9.17, 15) is 9.59 Å². The molecule has 1 aliphatic rings. The number of hydrogen-bond donors (Lipinski definition) is 2. The molecule has 7 nitrogen and oxygen atoms in total. The van der Waals surface area contributed by atoms with Crippen LogP contribution in [0.2, 0.25) is 0 Å². The fourth-order valence-electron chi connectivity index (χ4n) is 2.43. The van der Waals surface area contributed by atoms with Crippen molar-refractivity contribution >= 4 is 29.4 Å². The van der Waals surface area contributed by atoms with E-state index in [-0.39, 0.29) is 18.5 Å². The lowest BCUT2D eigenvalue weighted by molar-refractivity contribution is 0.0948. The van der Waals surface area contributed by atoms with E-state index < -0.39 is 11.3 Å². The van der Waals surface area contributed by atoms with Gasteiger partial charge in [-0.25, -0.2) is 0 Å². The second-order valence-electron chi connectivity index (χ2n) is 5.42. The molecule has 0 atom stereocenters. The largest absolute Gasteiger partial charge is 0.454 e. The van der Waals surface area contributed by atoms with Gasteiger partial charge in [-0.3, -0.25) is 14.3 Å². The summed E-state index contributed by atoms with van der Waals surface area (Å²) in [6.45, 7) is 4.34. The molecule has 2 aromatic rings. The molecular weight excluding hydrogens is 318 g/mol. The predicted molar refractivity (Wildman–Crippen MR) is 88.7 cm³/mol. The zero-order chi connectivity index (χ0) is 16.6. The number of hydrogen-bond acceptors (Lipinski definition) is 6. The highest BCUT2D eigenvalue weighted by Gasteiger charge is 2.22. The molecule has 2 heterocycles. The van der Waals surface area contributed by atoms with E-state index in [1.165, 1.54) is 0 Å². The Morgan fingerprint density at radius 1 is 1.39 bits per heavy atom. The number of carbonyl (C=O) groups is 1. The molecule has 0 spiro atoms. The van der Waals surface area contributed by atoms with Crippen LogP contribution in [0.4, 0.5) is 0 Å². The van der Waals surface area contributed by atoms with Crippen LogP contribution in [0.15, 0.2) is 16.9 Å². The van der Waals surface area contributed by atoms with Crippen molar-refractivity contribution in [2.75, 3.05) is 19.1 Å². The Bertz CT molecular complexity index is 832. The monoisotopic (exact) mass is 335 g/mol. The molecule has 0 saturated carbocycles. The molecule has 1 aliphatic heterocycles. The van der Waals surface area contributed by atoms with Gasteiger partial charge in [0.25, 0.3) is 5.91 Å². The summed E-state index contributed by atoms with van der Waals surface area (Å²) in [5.41, 5.74) is 0.0544. The van der Waals surface area contributed by atoms with Crippen molar-refractivity contribution in [1.82, 2.24) is 15.1 Å². The molecule has 1 N–H and O–H groups in total. The highest BCUT2D eigenvalue weighted by molar-refractivity contribution is 7.80. The summed E-state index contributed by atoms with van der Waals surface area (Å²) in [4.78, 5) is 24.9. The zero-order valence-electron chi connectivity index (χ0n) is 12.8. The number of fused-ring (bicyclic) bond motifs is 2. The lowest BCUT2D eigenvalue weighted by atomic mass is 10.1. The molecule has 0 aliphatic carbocycles. The van der Waals surface area contributed by atoms with Gasteiger partial charge in [0.2, 0.25) is 12.2 Å². The third kappa shape index (κ3) is 2.74. The van der Waals surface area contributed by atoms with Gasteiger partial charge in [-0.1, -0.05) is 0 Å². The molecule has 0 bridgehead atoms. The minimum Gasteiger partial charge on any atom is -0.454 e. The molecule has 0 fully saturated rings. The van der Waals surface area contributed by atoms with Gasteiger partial charge in [0.05, 0.1) is 10.9 Å². The number of thiol groups is 1. The molecular formula is C15H17N3O4S. The van der Waals surface area contributed by atoms with E-state index in [2.05, 4.69) is 23.0 Å². The van der Waals surface area contributed by atoms with Gasteiger partial charge in [-0.2, -0.15) is 17.7 Å². The number of aromatic nitrogens is 2. The van der Waals surface area contributed by atoms with Crippen LogP contribution in [-0.2, 0) is 0 Å². The molecule has 3 rings (SSSR count). The molecule has 0 radical (unpaired) electrons. The second-order valence-corrected chi connectivity index (χ2v) is 5.87. The summed E-state index contributed by atoms with van der Waals surface area (Å²) in [5, 5.41) is 7.26. The van der Waals surface area contributed by atoms with Crippen LogP contribution in [-0.4, -0.2) is 34.8 Å². The van der Waals surface area contributed by atoms with Crippen LogP contribution in [0.25, 0.3) is 10.9 Å². The second kappa shape index (κ2) is 6.11. The average molecular weight is 335 g/mol. The van der Waals surface area contributed by atoms with Crippen LogP contribution in [0.5, 0.6) is 11.5 Å². The standard InChI is InChI=1S/C15H17N3O4S/c1-8(2)18-10-6-12-11(21-7-22-12)5-9(10)14(19)13(17-18)15(20)16-3-4-23/h5-6,8,23H,3-4,7H2,1-2H3,(H,16,20). The first-order chi connectivity index (χ1) is 11.0. The van der Waals surface area contributed by atoms with Gasteiger partial charge >= 0.3 is 0 Å². The quantitative estimate of drug-likeness (QED) is 0.825. The van der Waals surface area contributed by atoms with Crippen LogP contribution < -0.4 is 20.2 Å². The Balaban J connectivity index is 2.23. The SMILES string of the molecule is CC(C)n1nc(C(=O)NCCS)c(=O)c2cc3c(cc21)OCO3. The van der Waals surface area contributed by atoms with Crippen molar-refractivity contribution < 1.29 is 14.3 Å². The Labute approximate surface area is 138 Å². The summed E-state index contributed by atoms with van der Waals surface area (Å²) >= 11 is 4.04. The normalized spacial score (nSPS) is 12.9. The molecule has 122 valence electrons. The highest BCUT2D eigenvalue weighted by Crippen LogP contribution is 2.35. The average Bonchev–Trinajstić information content (AvgIpc) is 2.98. The lowest BCUT2D eigenvalue weighted by Gasteiger charge is -2.15. The van der Waals surface area contributed by atoms with Gasteiger partial charge in [0.1, 0.15) is 0 Å². The molecule has 0 unspecified atom stereocenters. The Hall–Kier alpha value is -2.22. The van der Waals surface area contributed by atoms with Gasteiger partial charge in [-0.15, -0.1) is 0 Å². The van der Waals surface area contributed by atoms with Gasteiger partial charge < -0.3 is 14.8 Å². The fourth-order valence-corrected chi connectivity index (χ4v) is 2.54. The topological polar surface area (TPSA) is 82.5 Å². The fraction of sp³-hybridized carbons (Fsp3) is 0.400. The smallest absolute Gasteiger partial charge is 0.275 e. The number of nitrogens with one attached hydrogen (secondary N) is 1. The third-order valence-corrected chi connectivity index (χ3v) is 3.73. The summed E-state index contributed by atoms with van der Waals surface area (Å²) < 4.78 is 12.3.